The molecule has 2 fully saturated rings. The zero-order chi connectivity index (χ0) is 22.9. The SMILES string of the molecule is COc1ccc([C@H]2C[C@H](c3ccc4c(c3)OCO4)CN2CC(=O)N2C[C@@H](C)C[C@H](C)C2)cc1. The van der Waals surface area contributed by atoms with Crippen molar-refractivity contribution in [3.8, 4) is 17.2 Å². The molecule has 3 heterocycles. The summed E-state index contributed by atoms with van der Waals surface area (Å²) < 4.78 is 16.5. The summed E-state index contributed by atoms with van der Waals surface area (Å²) in [4.78, 5) is 17.8. The Bertz CT molecular complexity index is 982. The molecule has 0 saturated carbocycles. The van der Waals surface area contributed by atoms with Crippen LogP contribution in [0.25, 0.3) is 0 Å². The largest absolute Gasteiger partial charge is 0.497 e. The summed E-state index contributed by atoms with van der Waals surface area (Å²) in [5, 5.41) is 0. The highest BCUT2D eigenvalue weighted by Gasteiger charge is 2.37. The van der Waals surface area contributed by atoms with Crippen LogP contribution in [0.2, 0.25) is 0 Å². The lowest BCUT2D eigenvalue weighted by molar-refractivity contribution is -0.135. The molecule has 0 N–H and O–H groups in total. The molecular weight excluding hydrogens is 416 g/mol. The number of amides is 1. The molecule has 6 heteroatoms. The molecule has 0 aliphatic carbocycles. The van der Waals surface area contributed by atoms with Crippen LogP contribution in [0.4, 0.5) is 0 Å². The summed E-state index contributed by atoms with van der Waals surface area (Å²) in [5.74, 6) is 4.19. The van der Waals surface area contributed by atoms with Crippen molar-refractivity contribution in [2.75, 3.05) is 40.1 Å². The number of likely N-dealkylation sites (tertiary alicyclic amines) is 2. The molecule has 176 valence electrons. The molecule has 2 aromatic carbocycles. The Morgan fingerprint density at radius 1 is 0.939 bits per heavy atom. The van der Waals surface area contributed by atoms with Gasteiger partial charge in [-0.2, -0.15) is 0 Å². The molecule has 0 aromatic heterocycles. The van der Waals surface area contributed by atoms with E-state index in [2.05, 4.69) is 47.9 Å². The van der Waals surface area contributed by atoms with Crippen LogP contribution >= 0.6 is 0 Å². The minimum absolute atomic E-state index is 0.190. The molecule has 33 heavy (non-hydrogen) atoms. The third kappa shape index (κ3) is 4.67. The van der Waals surface area contributed by atoms with Crippen molar-refractivity contribution < 1.29 is 19.0 Å². The van der Waals surface area contributed by atoms with Gasteiger partial charge in [-0.1, -0.05) is 32.0 Å². The minimum atomic E-state index is 0.190. The molecule has 4 atom stereocenters. The summed E-state index contributed by atoms with van der Waals surface area (Å²) in [6, 6.07) is 14.7. The van der Waals surface area contributed by atoms with E-state index in [0.29, 0.717) is 24.3 Å². The van der Waals surface area contributed by atoms with Crippen molar-refractivity contribution in [2.45, 2.75) is 38.6 Å². The van der Waals surface area contributed by atoms with E-state index in [1.165, 1.54) is 17.5 Å². The summed E-state index contributed by atoms with van der Waals surface area (Å²) in [6.07, 6.45) is 2.17. The van der Waals surface area contributed by atoms with Gasteiger partial charge >= 0.3 is 0 Å². The molecular formula is C27H34N2O4. The summed E-state index contributed by atoms with van der Waals surface area (Å²) in [7, 11) is 1.69. The van der Waals surface area contributed by atoms with Crippen molar-refractivity contribution >= 4 is 5.91 Å². The van der Waals surface area contributed by atoms with Crippen LogP contribution in [0.15, 0.2) is 42.5 Å². The van der Waals surface area contributed by atoms with Crippen LogP contribution in [0.3, 0.4) is 0 Å². The molecule has 0 radical (unpaired) electrons. The number of methoxy groups -OCH3 is 1. The number of benzene rings is 2. The maximum Gasteiger partial charge on any atom is 0.236 e. The lowest BCUT2D eigenvalue weighted by Gasteiger charge is -2.36. The second-order valence-electron chi connectivity index (χ2n) is 10.0. The molecule has 0 spiro atoms. The minimum Gasteiger partial charge on any atom is -0.497 e. The average molecular weight is 451 g/mol. The van der Waals surface area contributed by atoms with E-state index in [9.17, 15) is 4.79 Å². The molecule has 1 amide bonds. The zero-order valence-corrected chi connectivity index (χ0v) is 19.8. The normalized spacial score (nSPS) is 27.1. The van der Waals surface area contributed by atoms with E-state index in [1.54, 1.807) is 7.11 Å². The monoisotopic (exact) mass is 450 g/mol. The van der Waals surface area contributed by atoms with Gasteiger partial charge in [-0.3, -0.25) is 9.69 Å². The van der Waals surface area contributed by atoms with Crippen LogP contribution < -0.4 is 14.2 Å². The summed E-state index contributed by atoms with van der Waals surface area (Å²) in [6.45, 7) is 7.83. The Labute approximate surface area is 196 Å². The van der Waals surface area contributed by atoms with E-state index in [1.807, 2.05) is 18.2 Å². The highest BCUT2D eigenvalue weighted by atomic mass is 16.7. The number of carbonyl (C=O) groups excluding carboxylic acids is 1. The van der Waals surface area contributed by atoms with Gasteiger partial charge in [-0.15, -0.1) is 0 Å². The molecule has 5 rings (SSSR count). The number of fused-ring (bicyclic) bond motifs is 1. The molecule has 0 unspecified atom stereocenters. The number of nitrogens with zero attached hydrogens (tertiary/aromatic N) is 2. The third-order valence-corrected chi connectivity index (χ3v) is 7.33. The van der Waals surface area contributed by atoms with Crippen molar-refractivity contribution in [2.24, 2.45) is 11.8 Å². The van der Waals surface area contributed by atoms with Crippen LogP contribution in [0.1, 0.15) is 49.8 Å². The highest BCUT2D eigenvalue weighted by molar-refractivity contribution is 5.78. The van der Waals surface area contributed by atoms with E-state index < -0.39 is 0 Å². The Hall–Kier alpha value is -2.73. The van der Waals surface area contributed by atoms with Crippen LogP contribution in [-0.2, 0) is 4.79 Å². The summed E-state index contributed by atoms with van der Waals surface area (Å²) >= 11 is 0. The fourth-order valence-corrected chi connectivity index (χ4v) is 5.80. The van der Waals surface area contributed by atoms with Crippen molar-refractivity contribution in [1.82, 2.24) is 9.80 Å². The Morgan fingerprint density at radius 2 is 1.64 bits per heavy atom. The lowest BCUT2D eigenvalue weighted by atomic mass is 9.92. The van der Waals surface area contributed by atoms with Crippen molar-refractivity contribution in [3.63, 3.8) is 0 Å². The van der Waals surface area contributed by atoms with E-state index in [0.717, 1.165) is 43.3 Å². The Morgan fingerprint density at radius 3 is 2.36 bits per heavy atom. The van der Waals surface area contributed by atoms with E-state index in [-0.39, 0.29) is 18.7 Å². The van der Waals surface area contributed by atoms with Gasteiger partial charge < -0.3 is 19.1 Å². The standard InChI is InChI=1S/C27H34N2O4/c1-18-10-19(2)14-29(13-18)27(30)16-28-15-22(21-6-9-25-26(12-21)33-17-32-25)11-24(28)20-4-7-23(31-3)8-5-20/h4-9,12,18-19,22,24H,10-11,13-17H2,1-3H3/t18-,19-,22-,24+/m0/s1. The molecule has 2 aromatic rings. The zero-order valence-electron chi connectivity index (χ0n) is 19.8. The predicted octanol–water partition coefficient (Wildman–Crippen LogP) is 4.46. The van der Waals surface area contributed by atoms with Crippen molar-refractivity contribution in [1.29, 1.82) is 0 Å². The number of rotatable bonds is 5. The molecule has 0 bridgehead atoms. The van der Waals surface area contributed by atoms with Gasteiger partial charge in [0, 0.05) is 25.7 Å². The number of piperidine rings is 1. The number of hydrogen-bond donors (Lipinski definition) is 0. The van der Waals surface area contributed by atoms with Crippen molar-refractivity contribution in [3.05, 3.63) is 53.6 Å². The van der Waals surface area contributed by atoms with Gasteiger partial charge in [0.05, 0.1) is 13.7 Å². The first-order chi connectivity index (χ1) is 16.0. The summed E-state index contributed by atoms with van der Waals surface area (Å²) in [5.41, 5.74) is 2.47. The average Bonchev–Trinajstić information content (AvgIpc) is 3.45. The molecule has 6 nitrogen and oxygen atoms in total. The molecule has 3 aliphatic rings. The quantitative estimate of drug-likeness (QED) is 0.673. The Kier molecular flexibility index (Phi) is 6.19. The highest BCUT2D eigenvalue weighted by Crippen LogP contribution is 2.43. The second-order valence-corrected chi connectivity index (χ2v) is 10.0. The van der Waals surface area contributed by atoms with Crippen LogP contribution in [0, 0.1) is 11.8 Å². The first kappa shape index (κ1) is 22.1. The number of hydrogen-bond acceptors (Lipinski definition) is 5. The lowest BCUT2D eigenvalue weighted by Crippen LogP contribution is -2.46. The second kappa shape index (κ2) is 9.26. The number of carbonyl (C=O) groups is 1. The van der Waals surface area contributed by atoms with Gasteiger partial charge in [-0.05, 0) is 66.0 Å². The topological polar surface area (TPSA) is 51.2 Å². The molecule has 2 saturated heterocycles. The van der Waals surface area contributed by atoms with Crippen LogP contribution in [0.5, 0.6) is 17.2 Å². The fourth-order valence-electron chi connectivity index (χ4n) is 5.80. The first-order valence-corrected chi connectivity index (χ1v) is 12.1. The van der Waals surface area contributed by atoms with Gasteiger partial charge in [-0.25, -0.2) is 0 Å². The van der Waals surface area contributed by atoms with Gasteiger partial charge in [0.1, 0.15) is 5.75 Å². The van der Waals surface area contributed by atoms with Gasteiger partial charge in [0.15, 0.2) is 11.5 Å². The number of ether oxygens (including phenoxy) is 3. The maximum absolute atomic E-state index is 13.3. The first-order valence-electron chi connectivity index (χ1n) is 12.1. The van der Waals surface area contributed by atoms with E-state index in [4.69, 9.17) is 14.2 Å². The third-order valence-electron chi connectivity index (χ3n) is 7.33. The van der Waals surface area contributed by atoms with Crippen LogP contribution in [-0.4, -0.2) is 55.8 Å². The predicted molar refractivity (Wildman–Crippen MR) is 127 cm³/mol. The fraction of sp³-hybridized carbons (Fsp3) is 0.519. The van der Waals surface area contributed by atoms with Gasteiger partial charge in [0.2, 0.25) is 12.7 Å². The van der Waals surface area contributed by atoms with Gasteiger partial charge in [0.25, 0.3) is 0 Å². The van der Waals surface area contributed by atoms with E-state index >= 15 is 0 Å². The maximum atomic E-state index is 13.3. The Balaban J connectivity index is 1.37. The molecule has 3 aliphatic heterocycles. The smallest absolute Gasteiger partial charge is 0.236 e.